The van der Waals surface area contributed by atoms with Crippen molar-refractivity contribution in [2.75, 3.05) is 17.2 Å². The van der Waals surface area contributed by atoms with Gasteiger partial charge in [-0.05, 0) is 40.2 Å². The van der Waals surface area contributed by atoms with E-state index in [1.165, 1.54) is 0 Å². The molecule has 0 aliphatic heterocycles. The summed E-state index contributed by atoms with van der Waals surface area (Å²) < 4.78 is 0.729. The van der Waals surface area contributed by atoms with Crippen LogP contribution in [0.3, 0.4) is 0 Å². The minimum atomic E-state index is -0.190. The van der Waals surface area contributed by atoms with Crippen LogP contribution in [0.25, 0.3) is 0 Å². The summed E-state index contributed by atoms with van der Waals surface area (Å²) in [4.78, 5) is 11.9. The Morgan fingerprint density at radius 3 is 2.40 bits per heavy atom. The van der Waals surface area contributed by atoms with Gasteiger partial charge < -0.3 is 10.6 Å². The molecule has 104 valence electrons. The van der Waals surface area contributed by atoms with Gasteiger partial charge in [-0.3, -0.25) is 4.79 Å². The molecule has 0 atom stereocenters. The molecule has 0 unspecified atom stereocenters. The SMILES string of the molecule is O=C(CNc1cccc(Cl)c1Br)Nc1ccccc1Cl. The molecule has 0 radical (unpaired) electrons. The van der Waals surface area contributed by atoms with Crippen molar-refractivity contribution in [3.8, 4) is 0 Å². The average Bonchev–Trinajstić information content (AvgIpc) is 2.43. The molecule has 0 aliphatic rings. The van der Waals surface area contributed by atoms with Crippen molar-refractivity contribution in [2.24, 2.45) is 0 Å². The standard InChI is InChI=1S/C14H11BrCl2N2O/c15-14-10(17)5-3-7-12(14)18-8-13(20)19-11-6-2-1-4-9(11)16/h1-7,18H,8H2,(H,19,20). The van der Waals surface area contributed by atoms with Crippen molar-refractivity contribution in [1.82, 2.24) is 0 Å². The van der Waals surface area contributed by atoms with Crippen LogP contribution in [0, 0.1) is 0 Å². The lowest BCUT2D eigenvalue weighted by atomic mass is 10.3. The highest BCUT2D eigenvalue weighted by Crippen LogP contribution is 2.29. The summed E-state index contributed by atoms with van der Waals surface area (Å²) in [6.45, 7) is 0.115. The summed E-state index contributed by atoms with van der Waals surface area (Å²) in [5.74, 6) is -0.190. The fourth-order valence-electron chi connectivity index (χ4n) is 1.57. The molecule has 2 aromatic rings. The monoisotopic (exact) mass is 372 g/mol. The molecular formula is C14H11BrCl2N2O. The third kappa shape index (κ3) is 3.88. The molecule has 0 saturated carbocycles. The summed E-state index contributed by atoms with van der Waals surface area (Å²) in [5, 5.41) is 6.83. The Balaban J connectivity index is 1.96. The number of hydrogen-bond donors (Lipinski definition) is 2. The second-order valence-corrected chi connectivity index (χ2v) is 5.59. The Hall–Kier alpha value is -1.23. The molecule has 0 spiro atoms. The molecular weight excluding hydrogens is 363 g/mol. The molecule has 3 nitrogen and oxygen atoms in total. The topological polar surface area (TPSA) is 41.1 Å². The quantitative estimate of drug-likeness (QED) is 0.807. The van der Waals surface area contributed by atoms with Crippen LogP contribution in [0.4, 0.5) is 11.4 Å². The van der Waals surface area contributed by atoms with E-state index in [0.29, 0.717) is 15.7 Å². The predicted octanol–water partition coefficient (Wildman–Crippen LogP) is 4.81. The number of rotatable bonds is 4. The summed E-state index contributed by atoms with van der Waals surface area (Å²) in [5.41, 5.74) is 1.35. The largest absolute Gasteiger partial charge is 0.375 e. The van der Waals surface area contributed by atoms with E-state index in [9.17, 15) is 4.79 Å². The highest BCUT2D eigenvalue weighted by atomic mass is 79.9. The van der Waals surface area contributed by atoms with E-state index in [0.717, 1.165) is 10.2 Å². The summed E-state index contributed by atoms with van der Waals surface area (Å²) in [6, 6.07) is 12.5. The second-order valence-electron chi connectivity index (χ2n) is 3.98. The van der Waals surface area contributed by atoms with Gasteiger partial charge in [-0.25, -0.2) is 0 Å². The van der Waals surface area contributed by atoms with E-state index >= 15 is 0 Å². The van der Waals surface area contributed by atoms with E-state index in [-0.39, 0.29) is 12.5 Å². The van der Waals surface area contributed by atoms with Crippen LogP contribution in [0.2, 0.25) is 10.0 Å². The second kappa shape index (κ2) is 6.97. The molecule has 2 rings (SSSR count). The zero-order chi connectivity index (χ0) is 14.5. The molecule has 20 heavy (non-hydrogen) atoms. The summed E-state index contributed by atoms with van der Waals surface area (Å²) >= 11 is 15.3. The average molecular weight is 374 g/mol. The van der Waals surface area contributed by atoms with Crippen LogP contribution in [-0.4, -0.2) is 12.5 Å². The highest BCUT2D eigenvalue weighted by Gasteiger charge is 2.07. The smallest absolute Gasteiger partial charge is 0.243 e. The minimum absolute atomic E-state index is 0.115. The van der Waals surface area contributed by atoms with E-state index in [1.807, 2.05) is 12.1 Å². The molecule has 0 bridgehead atoms. The molecule has 1 amide bonds. The Kier molecular flexibility index (Phi) is 5.29. The van der Waals surface area contributed by atoms with Crippen molar-refractivity contribution < 1.29 is 4.79 Å². The van der Waals surface area contributed by atoms with Gasteiger partial charge in [-0.15, -0.1) is 0 Å². The van der Waals surface area contributed by atoms with Gasteiger partial charge >= 0.3 is 0 Å². The highest BCUT2D eigenvalue weighted by molar-refractivity contribution is 9.10. The van der Waals surface area contributed by atoms with Crippen molar-refractivity contribution in [3.63, 3.8) is 0 Å². The maximum Gasteiger partial charge on any atom is 0.243 e. The van der Waals surface area contributed by atoms with Gasteiger partial charge in [0, 0.05) is 0 Å². The third-order valence-corrected chi connectivity index (χ3v) is 4.27. The number of amides is 1. The normalized spacial score (nSPS) is 10.2. The van der Waals surface area contributed by atoms with Gasteiger partial charge in [0.2, 0.25) is 5.91 Å². The molecule has 2 aromatic carbocycles. The first-order chi connectivity index (χ1) is 9.58. The van der Waals surface area contributed by atoms with Crippen LogP contribution >= 0.6 is 39.1 Å². The molecule has 0 aromatic heterocycles. The zero-order valence-electron chi connectivity index (χ0n) is 10.3. The number of hydrogen-bond acceptors (Lipinski definition) is 2. The number of halogens is 3. The lowest BCUT2D eigenvalue weighted by Crippen LogP contribution is -2.22. The Labute approximate surface area is 135 Å². The van der Waals surface area contributed by atoms with Crippen molar-refractivity contribution in [1.29, 1.82) is 0 Å². The van der Waals surface area contributed by atoms with E-state index in [2.05, 4.69) is 26.6 Å². The minimum Gasteiger partial charge on any atom is -0.375 e. The predicted molar refractivity (Wildman–Crippen MR) is 87.7 cm³/mol. The molecule has 0 aliphatic carbocycles. The first-order valence-corrected chi connectivity index (χ1v) is 7.35. The maximum absolute atomic E-state index is 11.9. The zero-order valence-corrected chi connectivity index (χ0v) is 13.4. The fraction of sp³-hybridized carbons (Fsp3) is 0.0714. The van der Waals surface area contributed by atoms with Gasteiger partial charge in [0.15, 0.2) is 0 Å². The van der Waals surface area contributed by atoms with Gasteiger partial charge in [0.25, 0.3) is 0 Å². The molecule has 0 heterocycles. The number of para-hydroxylation sites is 1. The fourth-order valence-corrected chi connectivity index (χ4v) is 2.33. The van der Waals surface area contributed by atoms with Gasteiger partial charge in [0.05, 0.1) is 32.4 Å². The Morgan fingerprint density at radius 1 is 1.00 bits per heavy atom. The Morgan fingerprint density at radius 2 is 1.65 bits per heavy atom. The lowest BCUT2D eigenvalue weighted by Gasteiger charge is -2.10. The van der Waals surface area contributed by atoms with Crippen LogP contribution in [-0.2, 0) is 4.79 Å². The summed E-state index contributed by atoms with van der Waals surface area (Å²) in [7, 11) is 0. The van der Waals surface area contributed by atoms with Gasteiger partial charge in [-0.1, -0.05) is 41.4 Å². The Bertz CT molecular complexity index is 634. The molecule has 2 N–H and O–H groups in total. The van der Waals surface area contributed by atoms with E-state index in [1.54, 1.807) is 30.3 Å². The number of anilines is 2. The first kappa shape index (κ1) is 15.2. The van der Waals surface area contributed by atoms with Crippen LogP contribution in [0.15, 0.2) is 46.9 Å². The third-order valence-electron chi connectivity index (χ3n) is 2.54. The van der Waals surface area contributed by atoms with E-state index < -0.39 is 0 Å². The molecule has 0 fully saturated rings. The van der Waals surface area contributed by atoms with Gasteiger partial charge in [-0.2, -0.15) is 0 Å². The number of carbonyl (C=O) groups is 1. The van der Waals surface area contributed by atoms with Crippen molar-refractivity contribution in [3.05, 3.63) is 57.0 Å². The van der Waals surface area contributed by atoms with Crippen molar-refractivity contribution in [2.45, 2.75) is 0 Å². The van der Waals surface area contributed by atoms with Crippen LogP contribution < -0.4 is 10.6 Å². The first-order valence-electron chi connectivity index (χ1n) is 5.80. The molecule has 6 heteroatoms. The van der Waals surface area contributed by atoms with Gasteiger partial charge in [0.1, 0.15) is 0 Å². The van der Waals surface area contributed by atoms with Crippen LogP contribution in [0.5, 0.6) is 0 Å². The van der Waals surface area contributed by atoms with E-state index in [4.69, 9.17) is 23.2 Å². The van der Waals surface area contributed by atoms with Crippen LogP contribution in [0.1, 0.15) is 0 Å². The maximum atomic E-state index is 11.9. The number of benzene rings is 2. The lowest BCUT2D eigenvalue weighted by molar-refractivity contribution is -0.114. The number of carbonyl (C=O) groups excluding carboxylic acids is 1. The summed E-state index contributed by atoms with van der Waals surface area (Å²) in [6.07, 6.45) is 0. The molecule has 0 saturated heterocycles. The number of nitrogens with one attached hydrogen (secondary N) is 2. The van der Waals surface area contributed by atoms with Crippen molar-refractivity contribution >= 4 is 56.4 Å².